The molecule has 0 fully saturated rings. The molecule has 0 saturated heterocycles. The van der Waals surface area contributed by atoms with Gasteiger partial charge in [-0.3, -0.25) is 0 Å². The third kappa shape index (κ3) is 2.59. The van der Waals surface area contributed by atoms with Crippen LogP contribution in [0.1, 0.15) is 11.1 Å². The molecule has 0 spiro atoms. The van der Waals surface area contributed by atoms with Crippen molar-refractivity contribution < 1.29 is 4.39 Å². The molecular weight excluding hydrogens is 295 g/mol. The molecule has 3 rings (SSSR count). The number of nitrogens with zero attached hydrogens (tertiary/aromatic N) is 1. The monoisotopic (exact) mass is 308 g/mol. The Bertz CT molecular complexity index is 862. The summed E-state index contributed by atoms with van der Waals surface area (Å²) in [6, 6.07) is 16.6. The number of nitrogens with one attached hydrogen (secondary N) is 1. The summed E-state index contributed by atoms with van der Waals surface area (Å²) in [6.45, 7) is 2.00. The van der Waals surface area contributed by atoms with Gasteiger partial charge in [0.25, 0.3) is 0 Å². The Balaban J connectivity index is 2.04. The van der Waals surface area contributed by atoms with E-state index in [1.807, 2.05) is 36.6 Å². The highest BCUT2D eigenvalue weighted by Gasteiger charge is 2.16. The van der Waals surface area contributed by atoms with Crippen LogP contribution in [-0.2, 0) is 0 Å². The molecule has 0 aliphatic rings. The summed E-state index contributed by atoms with van der Waals surface area (Å²) in [5.74, 6) is -0.320. The highest BCUT2D eigenvalue weighted by Crippen LogP contribution is 2.37. The Hall–Kier alpha value is -2.64. The summed E-state index contributed by atoms with van der Waals surface area (Å²) in [4.78, 5) is 0. The molecule has 0 atom stereocenters. The fraction of sp³-hybridized carbons (Fsp3) is 0.0556. The van der Waals surface area contributed by atoms with Gasteiger partial charge in [-0.2, -0.15) is 5.26 Å². The van der Waals surface area contributed by atoms with Gasteiger partial charge in [-0.1, -0.05) is 36.4 Å². The molecule has 2 aromatic carbocycles. The van der Waals surface area contributed by atoms with Crippen LogP contribution in [0.4, 0.5) is 15.1 Å². The van der Waals surface area contributed by atoms with Crippen molar-refractivity contribution in [1.29, 1.82) is 5.26 Å². The van der Waals surface area contributed by atoms with E-state index in [4.69, 9.17) is 0 Å². The Morgan fingerprint density at radius 2 is 1.77 bits per heavy atom. The molecule has 0 amide bonds. The minimum absolute atomic E-state index is 0.320. The third-order valence-corrected chi connectivity index (χ3v) is 4.36. The molecule has 0 unspecified atom stereocenters. The van der Waals surface area contributed by atoms with Crippen LogP contribution >= 0.6 is 11.3 Å². The van der Waals surface area contributed by atoms with Crippen molar-refractivity contribution in [2.24, 2.45) is 0 Å². The van der Waals surface area contributed by atoms with E-state index < -0.39 is 0 Å². The van der Waals surface area contributed by atoms with Gasteiger partial charge in [0.2, 0.25) is 0 Å². The van der Waals surface area contributed by atoms with Gasteiger partial charge in [0.1, 0.15) is 16.9 Å². The van der Waals surface area contributed by atoms with Gasteiger partial charge in [0.15, 0.2) is 0 Å². The molecule has 22 heavy (non-hydrogen) atoms. The van der Waals surface area contributed by atoms with Gasteiger partial charge in [0, 0.05) is 22.2 Å². The highest BCUT2D eigenvalue weighted by molar-refractivity contribution is 7.15. The Kier molecular flexibility index (Phi) is 3.90. The maximum atomic E-state index is 14.0. The molecule has 0 bridgehead atoms. The number of rotatable bonds is 3. The molecule has 0 saturated carbocycles. The van der Waals surface area contributed by atoms with Crippen LogP contribution in [0, 0.1) is 24.1 Å². The highest BCUT2D eigenvalue weighted by atomic mass is 32.1. The van der Waals surface area contributed by atoms with Crippen LogP contribution in [0.25, 0.3) is 11.1 Å². The number of anilines is 2. The van der Waals surface area contributed by atoms with Gasteiger partial charge in [0.05, 0.1) is 5.56 Å². The molecular formula is C18H13FN2S. The summed E-state index contributed by atoms with van der Waals surface area (Å²) in [7, 11) is 0. The number of benzene rings is 2. The molecule has 1 aromatic heterocycles. The molecule has 2 nitrogen and oxygen atoms in total. The van der Waals surface area contributed by atoms with Crippen LogP contribution in [0.5, 0.6) is 0 Å². The zero-order valence-electron chi connectivity index (χ0n) is 11.9. The van der Waals surface area contributed by atoms with Gasteiger partial charge in [-0.05, 0) is 24.6 Å². The van der Waals surface area contributed by atoms with Gasteiger partial charge in [-0.25, -0.2) is 4.39 Å². The number of para-hydroxylation sites is 1. The molecule has 0 aliphatic carbocycles. The van der Waals surface area contributed by atoms with E-state index in [1.165, 1.54) is 17.4 Å². The van der Waals surface area contributed by atoms with E-state index in [-0.39, 0.29) is 5.82 Å². The molecule has 3 aromatic rings. The smallest absolute Gasteiger partial charge is 0.131 e. The molecule has 108 valence electrons. The van der Waals surface area contributed by atoms with Crippen LogP contribution in [0.2, 0.25) is 0 Å². The number of nitriles is 1. The molecule has 1 heterocycles. The van der Waals surface area contributed by atoms with E-state index in [0.717, 1.165) is 16.3 Å². The lowest BCUT2D eigenvalue weighted by molar-refractivity contribution is 0.631. The summed E-state index contributed by atoms with van der Waals surface area (Å²) in [5.41, 5.74) is 3.58. The lowest BCUT2D eigenvalue weighted by atomic mass is 10.0. The maximum absolute atomic E-state index is 14.0. The predicted octanol–water partition coefficient (Wildman–Crippen LogP) is 5.48. The normalized spacial score (nSPS) is 10.2. The van der Waals surface area contributed by atoms with E-state index in [1.54, 1.807) is 18.2 Å². The van der Waals surface area contributed by atoms with Crippen molar-refractivity contribution in [3.8, 4) is 17.2 Å². The predicted molar refractivity (Wildman–Crippen MR) is 88.9 cm³/mol. The molecule has 1 N–H and O–H groups in total. The second-order valence-corrected chi connectivity index (χ2v) is 5.76. The summed E-state index contributed by atoms with van der Waals surface area (Å²) >= 11 is 1.41. The summed E-state index contributed by atoms with van der Waals surface area (Å²) < 4.78 is 14.0. The van der Waals surface area contributed by atoms with Crippen molar-refractivity contribution in [3.63, 3.8) is 0 Å². The number of thiophene rings is 1. The van der Waals surface area contributed by atoms with Crippen molar-refractivity contribution in [1.82, 2.24) is 0 Å². The van der Waals surface area contributed by atoms with E-state index in [0.29, 0.717) is 16.7 Å². The topological polar surface area (TPSA) is 35.8 Å². The van der Waals surface area contributed by atoms with Crippen LogP contribution in [0.3, 0.4) is 0 Å². The Morgan fingerprint density at radius 1 is 1.05 bits per heavy atom. The first-order valence-corrected chi connectivity index (χ1v) is 7.68. The van der Waals surface area contributed by atoms with Gasteiger partial charge < -0.3 is 5.32 Å². The average molecular weight is 308 g/mol. The standard InChI is InChI=1S/C18H13FN2S/c1-12-6-2-5-9-17(12)21-18-14(10-20)15(11-22-18)13-7-3-4-8-16(13)19/h2-9,11,21H,1H3. The van der Waals surface area contributed by atoms with E-state index in [2.05, 4.69) is 11.4 Å². The first kappa shape index (κ1) is 14.3. The van der Waals surface area contributed by atoms with Crippen LogP contribution in [0.15, 0.2) is 53.9 Å². The fourth-order valence-corrected chi connectivity index (χ4v) is 3.20. The number of aryl methyl sites for hydroxylation is 1. The Labute approximate surface area is 132 Å². The lowest BCUT2D eigenvalue weighted by Crippen LogP contribution is -1.93. The second kappa shape index (κ2) is 6.00. The van der Waals surface area contributed by atoms with Crippen LogP contribution < -0.4 is 5.32 Å². The third-order valence-electron chi connectivity index (χ3n) is 3.46. The van der Waals surface area contributed by atoms with E-state index >= 15 is 0 Å². The second-order valence-electron chi connectivity index (χ2n) is 4.89. The lowest BCUT2D eigenvalue weighted by Gasteiger charge is -2.08. The van der Waals surface area contributed by atoms with E-state index in [9.17, 15) is 9.65 Å². The van der Waals surface area contributed by atoms with Gasteiger partial charge in [-0.15, -0.1) is 11.3 Å². The van der Waals surface area contributed by atoms with Crippen molar-refractivity contribution >= 4 is 22.0 Å². The van der Waals surface area contributed by atoms with Crippen molar-refractivity contribution in [2.45, 2.75) is 6.92 Å². The number of halogens is 1. The van der Waals surface area contributed by atoms with Gasteiger partial charge >= 0.3 is 0 Å². The largest absolute Gasteiger partial charge is 0.346 e. The zero-order chi connectivity index (χ0) is 15.5. The molecule has 0 radical (unpaired) electrons. The first-order valence-electron chi connectivity index (χ1n) is 6.80. The Morgan fingerprint density at radius 3 is 2.50 bits per heavy atom. The SMILES string of the molecule is Cc1ccccc1Nc1scc(-c2ccccc2F)c1C#N. The first-order chi connectivity index (χ1) is 10.7. The van der Waals surface area contributed by atoms with Crippen molar-refractivity contribution in [2.75, 3.05) is 5.32 Å². The quantitative estimate of drug-likeness (QED) is 0.695. The minimum atomic E-state index is -0.320. The fourth-order valence-electron chi connectivity index (χ4n) is 2.27. The molecule has 0 aliphatic heterocycles. The zero-order valence-corrected chi connectivity index (χ0v) is 12.7. The minimum Gasteiger partial charge on any atom is -0.346 e. The van der Waals surface area contributed by atoms with Crippen molar-refractivity contribution in [3.05, 3.63) is 70.9 Å². The van der Waals surface area contributed by atoms with Crippen LogP contribution in [-0.4, -0.2) is 0 Å². The average Bonchev–Trinajstić information content (AvgIpc) is 2.92. The maximum Gasteiger partial charge on any atom is 0.131 e. The number of hydrogen-bond donors (Lipinski definition) is 1. The molecule has 4 heteroatoms. The summed E-state index contributed by atoms with van der Waals surface area (Å²) in [5, 5.41) is 15.3. The number of hydrogen-bond acceptors (Lipinski definition) is 3. The summed E-state index contributed by atoms with van der Waals surface area (Å²) in [6.07, 6.45) is 0.